The Labute approximate surface area is 109 Å². The maximum Gasteiger partial charge on any atom is 0.128 e. The lowest BCUT2D eigenvalue weighted by atomic mass is 10.1. The first-order valence-corrected chi connectivity index (χ1v) is 6.60. The van der Waals surface area contributed by atoms with Crippen LogP contribution in [0.3, 0.4) is 0 Å². The molecule has 0 radical (unpaired) electrons. The second kappa shape index (κ2) is 5.67. The number of hydrogen-bond donors (Lipinski definition) is 1. The van der Waals surface area contributed by atoms with Gasteiger partial charge in [-0.3, -0.25) is 9.88 Å². The normalized spacial score (nSPS) is 15.2. The van der Waals surface area contributed by atoms with Crippen molar-refractivity contribution in [2.45, 2.75) is 39.3 Å². The van der Waals surface area contributed by atoms with Crippen LogP contribution in [0.5, 0.6) is 5.75 Å². The van der Waals surface area contributed by atoms with E-state index in [1.807, 2.05) is 13.1 Å². The zero-order valence-electron chi connectivity index (χ0n) is 11.6. The molecule has 0 atom stereocenters. The highest BCUT2D eigenvalue weighted by Gasteiger charge is 2.29. The molecule has 1 aliphatic carbocycles. The predicted octanol–water partition coefficient (Wildman–Crippen LogP) is 1.63. The molecule has 1 fully saturated rings. The highest BCUT2D eigenvalue weighted by Crippen LogP contribution is 2.30. The maximum absolute atomic E-state index is 5.68. The summed E-state index contributed by atoms with van der Waals surface area (Å²) in [5, 5.41) is 0. The minimum absolute atomic E-state index is 0.707. The molecule has 0 bridgehead atoms. The quantitative estimate of drug-likeness (QED) is 0.832. The van der Waals surface area contributed by atoms with E-state index in [-0.39, 0.29) is 0 Å². The highest BCUT2D eigenvalue weighted by molar-refractivity contribution is 5.41. The lowest BCUT2D eigenvalue weighted by Gasteiger charge is -2.22. The van der Waals surface area contributed by atoms with Crippen molar-refractivity contribution in [1.29, 1.82) is 0 Å². The predicted molar refractivity (Wildman–Crippen MR) is 72.7 cm³/mol. The van der Waals surface area contributed by atoms with Gasteiger partial charge in [-0.1, -0.05) is 0 Å². The van der Waals surface area contributed by atoms with Crippen LogP contribution in [0.2, 0.25) is 0 Å². The van der Waals surface area contributed by atoms with E-state index in [9.17, 15) is 0 Å². The van der Waals surface area contributed by atoms with Gasteiger partial charge < -0.3 is 10.5 Å². The molecule has 1 aliphatic rings. The lowest BCUT2D eigenvalue weighted by Crippen LogP contribution is -2.31. The first-order chi connectivity index (χ1) is 8.67. The van der Waals surface area contributed by atoms with E-state index in [0.717, 1.165) is 35.7 Å². The Morgan fingerprint density at radius 1 is 1.44 bits per heavy atom. The highest BCUT2D eigenvalue weighted by atomic mass is 16.5. The Bertz CT molecular complexity index is 416. The summed E-state index contributed by atoms with van der Waals surface area (Å²) in [6, 6.07) is 0.710. The molecule has 1 heterocycles. The molecule has 4 nitrogen and oxygen atoms in total. The van der Waals surface area contributed by atoms with Gasteiger partial charge in [0, 0.05) is 43.0 Å². The van der Waals surface area contributed by atoms with Gasteiger partial charge in [-0.05, 0) is 26.7 Å². The van der Waals surface area contributed by atoms with Gasteiger partial charge in [0.2, 0.25) is 0 Å². The zero-order chi connectivity index (χ0) is 13.1. The van der Waals surface area contributed by atoms with E-state index in [1.165, 1.54) is 12.8 Å². The molecule has 0 aliphatic heterocycles. The molecular weight excluding hydrogens is 226 g/mol. The van der Waals surface area contributed by atoms with Crippen molar-refractivity contribution < 1.29 is 4.74 Å². The average Bonchev–Trinajstić information content (AvgIpc) is 3.16. The Morgan fingerprint density at radius 2 is 2.17 bits per heavy atom. The SMILES string of the molecule is COc1c(C)cnc(CN(CCN)C2CC2)c1C. The first kappa shape index (κ1) is 13.3. The number of nitrogens with two attached hydrogens (primary N) is 1. The molecule has 1 aromatic heterocycles. The number of aryl methyl sites for hydroxylation is 1. The molecule has 1 saturated carbocycles. The van der Waals surface area contributed by atoms with Crippen LogP contribution in [-0.4, -0.2) is 36.1 Å². The second-order valence-corrected chi connectivity index (χ2v) is 5.04. The van der Waals surface area contributed by atoms with Gasteiger partial charge in [0.15, 0.2) is 0 Å². The van der Waals surface area contributed by atoms with E-state index in [2.05, 4.69) is 16.8 Å². The van der Waals surface area contributed by atoms with Crippen LogP contribution in [0, 0.1) is 13.8 Å². The topological polar surface area (TPSA) is 51.4 Å². The number of ether oxygens (including phenoxy) is 1. The fraction of sp³-hybridized carbons (Fsp3) is 0.643. The van der Waals surface area contributed by atoms with E-state index in [4.69, 9.17) is 10.5 Å². The summed E-state index contributed by atoms with van der Waals surface area (Å²) in [5.41, 5.74) is 9.04. The molecule has 1 aromatic rings. The number of pyridine rings is 1. The van der Waals surface area contributed by atoms with Crippen molar-refractivity contribution in [1.82, 2.24) is 9.88 Å². The summed E-state index contributed by atoms with van der Waals surface area (Å²) in [6.45, 7) is 6.65. The number of methoxy groups -OCH3 is 1. The fourth-order valence-electron chi connectivity index (χ4n) is 2.42. The van der Waals surface area contributed by atoms with Crippen molar-refractivity contribution in [3.05, 3.63) is 23.0 Å². The number of nitrogens with zero attached hydrogens (tertiary/aromatic N) is 2. The first-order valence-electron chi connectivity index (χ1n) is 6.60. The fourth-order valence-corrected chi connectivity index (χ4v) is 2.42. The zero-order valence-corrected chi connectivity index (χ0v) is 11.6. The minimum atomic E-state index is 0.707. The van der Waals surface area contributed by atoms with Crippen LogP contribution in [0.4, 0.5) is 0 Å². The summed E-state index contributed by atoms with van der Waals surface area (Å²) in [6.07, 6.45) is 4.48. The summed E-state index contributed by atoms with van der Waals surface area (Å²) in [4.78, 5) is 6.99. The largest absolute Gasteiger partial charge is 0.496 e. The molecular formula is C14H23N3O. The van der Waals surface area contributed by atoms with Crippen molar-refractivity contribution in [3.63, 3.8) is 0 Å². The number of rotatable bonds is 6. The van der Waals surface area contributed by atoms with E-state index in [0.29, 0.717) is 12.6 Å². The van der Waals surface area contributed by atoms with E-state index in [1.54, 1.807) is 7.11 Å². The van der Waals surface area contributed by atoms with Crippen LogP contribution in [-0.2, 0) is 6.54 Å². The smallest absolute Gasteiger partial charge is 0.128 e. The van der Waals surface area contributed by atoms with Crippen LogP contribution in [0.25, 0.3) is 0 Å². The third-order valence-electron chi connectivity index (χ3n) is 3.58. The van der Waals surface area contributed by atoms with E-state index < -0.39 is 0 Å². The molecule has 18 heavy (non-hydrogen) atoms. The Morgan fingerprint density at radius 3 is 2.72 bits per heavy atom. The van der Waals surface area contributed by atoms with Crippen molar-refractivity contribution in [3.8, 4) is 5.75 Å². The molecule has 0 unspecified atom stereocenters. The third kappa shape index (κ3) is 2.82. The second-order valence-electron chi connectivity index (χ2n) is 5.04. The van der Waals surface area contributed by atoms with Crippen molar-refractivity contribution in [2.75, 3.05) is 20.2 Å². The monoisotopic (exact) mass is 249 g/mol. The molecule has 0 aromatic carbocycles. The maximum atomic E-state index is 5.68. The molecule has 2 N–H and O–H groups in total. The molecule has 0 saturated heterocycles. The van der Waals surface area contributed by atoms with Crippen LogP contribution in [0.15, 0.2) is 6.20 Å². The summed E-state index contributed by atoms with van der Waals surface area (Å²) in [7, 11) is 1.72. The summed E-state index contributed by atoms with van der Waals surface area (Å²) in [5.74, 6) is 0.962. The molecule has 0 amide bonds. The van der Waals surface area contributed by atoms with Gasteiger partial charge in [-0.25, -0.2) is 0 Å². The van der Waals surface area contributed by atoms with Crippen LogP contribution < -0.4 is 10.5 Å². The Hall–Kier alpha value is -1.13. The minimum Gasteiger partial charge on any atom is -0.496 e. The van der Waals surface area contributed by atoms with E-state index >= 15 is 0 Å². The number of aromatic nitrogens is 1. The van der Waals surface area contributed by atoms with Gasteiger partial charge in [-0.15, -0.1) is 0 Å². The van der Waals surface area contributed by atoms with Gasteiger partial charge >= 0.3 is 0 Å². The standard InChI is InChI=1S/C14H23N3O/c1-10-8-16-13(11(2)14(10)18-3)9-17(7-6-15)12-4-5-12/h8,12H,4-7,9,15H2,1-3H3. The van der Waals surface area contributed by atoms with Crippen molar-refractivity contribution >= 4 is 0 Å². The summed E-state index contributed by atoms with van der Waals surface area (Å²) >= 11 is 0. The van der Waals surface area contributed by atoms with Gasteiger partial charge in [0.1, 0.15) is 5.75 Å². The van der Waals surface area contributed by atoms with Gasteiger partial charge in [-0.2, -0.15) is 0 Å². The van der Waals surface area contributed by atoms with Crippen LogP contribution >= 0.6 is 0 Å². The lowest BCUT2D eigenvalue weighted by molar-refractivity contribution is 0.258. The third-order valence-corrected chi connectivity index (χ3v) is 3.58. The number of hydrogen-bond acceptors (Lipinski definition) is 4. The Kier molecular flexibility index (Phi) is 4.19. The molecule has 0 spiro atoms. The van der Waals surface area contributed by atoms with Gasteiger partial charge in [0.05, 0.1) is 12.8 Å². The molecule has 2 rings (SSSR count). The Balaban J connectivity index is 2.17. The average molecular weight is 249 g/mol. The molecule has 4 heteroatoms. The summed E-state index contributed by atoms with van der Waals surface area (Å²) < 4.78 is 5.45. The molecule has 100 valence electrons. The van der Waals surface area contributed by atoms with Gasteiger partial charge in [0.25, 0.3) is 0 Å². The van der Waals surface area contributed by atoms with Crippen LogP contribution in [0.1, 0.15) is 29.7 Å². The van der Waals surface area contributed by atoms with Crippen molar-refractivity contribution in [2.24, 2.45) is 5.73 Å².